The molecule has 0 spiro atoms. The van der Waals surface area contributed by atoms with Crippen LogP contribution in [0.15, 0.2) is 47.7 Å². The van der Waals surface area contributed by atoms with E-state index in [4.69, 9.17) is 17.3 Å². The quantitative estimate of drug-likeness (QED) is 0.602. The molecule has 0 bridgehead atoms. The number of pyridine rings is 1. The zero-order valence-corrected chi connectivity index (χ0v) is 15.8. The molecule has 1 saturated heterocycles. The zero-order valence-electron chi connectivity index (χ0n) is 15.0. The van der Waals surface area contributed by atoms with Gasteiger partial charge in [0.15, 0.2) is 0 Å². The summed E-state index contributed by atoms with van der Waals surface area (Å²) < 4.78 is 0. The Balaban J connectivity index is 1.63. The number of halogens is 1. The lowest BCUT2D eigenvalue weighted by Gasteiger charge is -2.31. The Bertz CT molecular complexity index is 738. The number of benzene rings is 1. The molecule has 0 unspecified atom stereocenters. The van der Waals surface area contributed by atoms with Gasteiger partial charge in [0.05, 0.1) is 18.4 Å². The lowest BCUT2D eigenvalue weighted by atomic mass is 10.2. The first kappa shape index (κ1) is 18.6. The van der Waals surface area contributed by atoms with Crippen LogP contribution >= 0.6 is 11.6 Å². The molecule has 0 atom stereocenters. The minimum Gasteiger partial charge on any atom is -0.383 e. The summed E-state index contributed by atoms with van der Waals surface area (Å²) in [4.78, 5) is 13.5. The van der Waals surface area contributed by atoms with Crippen molar-refractivity contribution in [2.24, 2.45) is 10.7 Å². The third-order valence-corrected chi connectivity index (χ3v) is 4.77. The standard InChI is InChI=1S/C19H25ClN6/c1-25-10-12-26(13-11-25)9-8-23-19(21)17-6-7-22-14-18(17)24-16-4-2-15(20)3-5-16/h2-7,14,24H,8-13H2,1H3,(H2,21,23). The smallest absolute Gasteiger partial charge is 0.127 e. The lowest BCUT2D eigenvalue weighted by molar-refractivity contribution is 0.157. The summed E-state index contributed by atoms with van der Waals surface area (Å²) in [6, 6.07) is 9.40. The van der Waals surface area contributed by atoms with E-state index in [-0.39, 0.29) is 0 Å². The predicted molar refractivity (Wildman–Crippen MR) is 109 cm³/mol. The van der Waals surface area contributed by atoms with Crippen LogP contribution in [0.3, 0.4) is 0 Å². The molecule has 0 saturated carbocycles. The maximum Gasteiger partial charge on any atom is 0.127 e. The summed E-state index contributed by atoms with van der Waals surface area (Å²) in [5.41, 5.74) is 8.85. The van der Waals surface area contributed by atoms with Crippen molar-refractivity contribution in [1.82, 2.24) is 14.8 Å². The first-order chi connectivity index (χ1) is 12.6. The van der Waals surface area contributed by atoms with E-state index in [1.54, 1.807) is 12.4 Å². The minimum atomic E-state index is 0.526. The molecule has 3 N–H and O–H groups in total. The fourth-order valence-corrected chi connectivity index (χ4v) is 3.00. The van der Waals surface area contributed by atoms with Gasteiger partial charge in [-0.15, -0.1) is 0 Å². The second-order valence-corrected chi connectivity index (χ2v) is 6.90. The van der Waals surface area contributed by atoms with Gasteiger partial charge in [-0.2, -0.15) is 0 Å². The molecule has 1 aliphatic rings. The Labute approximate surface area is 159 Å². The maximum atomic E-state index is 6.25. The van der Waals surface area contributed by atoms with Gasteiger partial charge in [0.1, 0.15) is 5.84 Å². The number of anilines is 2. The summed E-state index contributed by atoms with van der Waals surface area (Å²) in [6.45, 7) is 6.02. The third-order valence-electron chi connectivity index (χ3n) is 4.51. The van der Waals surface area contributed by atoms with Crippen molar-refractivity contribution in [3.05, 3.63) is 53.3 Å². The Hall–Kier alpha value is -2.15. The Kier molecular flexibility index (Phi) is 6.44. The van der Waals surface area contributed by atoms with Crippen molar-refractivity contribution in [2.75, 3.05) is 51.6 Å². The fraction of sp³-hybridized carbons (Fsp3) is 0.368. The monoisotopic (exact) mass is 372 g/mol. The molecule has 3 rings (SSSR count). The third kappa shape index (κ3) is 5.17. The van der Waals surface area contributed by atoms with Crippen LogP contribution in [0.5, 0.6) is 0 Å². The summed E-state index contributed by atoms with van der Waals surface area (Å²) in [5.74, 6) is 0.526. The largest absolute Gasteiger partial charge is 0.383 e. The average molecular weight is 373 g/mol. The number of hydrogen-bond acceptors (Lipinski definition) is 5. The zero-order chi connectivity index (χ0) is 18.4. The van der Waals surface area contributed by atoms with Crippen LogP contribution in [-0.2, 0) is 0 Å². The highest BCUT2D eigenvalue weighted by molar-refractivity contribution is 6.30. The van der Waals surface area contributed by atoms with Crippen molar-refractivity contribution in [1.29, 1.82) is 0 Å². The van der Waals surface area contributed by atoms with Crippen molar-refractivity contribution < 1.29 is 0 Å². The molecule has 138 valence electrons. The first-order valence-electron chi connectivity index (χ1n) is 8.79. The SMILES string of the molecule is CN1CCN(CCN=C(N)c2ccncc2Nc2ccc(Cl)cc2)CC1. The number of hydrogen-bond donors (Lipinski definition) is 2. The van der Waals surface area contributed by atoms with E-state index in [2.05, 4.69) is 32.1 Å². The molecule has 0 aliphatic carbocycles. The van der Waals surface area contributed by atoms with Crippen LogP contribution in [0.25, 0.3) is 0 Å². The summed E-state index contributed by atoms with van der Waals surface area (Å²) in [7, 11) is 2.16. The minimum absolute atomic E-state index is 0.526. The maximum absolute atomic E-state index is 6.25. The lowest BCUT2D eigenvalue weighted by Crippen LogP contribution is -2.45. The number of aliphatic imine (C=N–C) groups is 1. The van der Waals surface area contributed by atoms with E-state index < -0.39 is 0 Å². The Morgan fingerprint density at radius 2 is 1.92 bits per heavy atom. The van der Waals surface area contributed by atoms with Gasteiger partial charge in [-0.05, 0) is 37.4 Å². The number of nitrogens with zero attached hydrogens (tertiary/aromatic N) is 4. The number of aromatic nitrogens is 1. The molecule has 6 nitrogen and oxygen atoms in total. The van der Waals surface area contributed by atoms with Crippen LogP contribution in [0.4, 0.5) is 11.4 Å². The second kappa shape index (κ2) is 8.98. The van der Waals surface area contributed by atoms with E-state index in [0.29, 0.717) is 17.4 Å². The fourth-order valence-electron chi connectivity index (χ4n) is 2.87. The van der Waals surface area contributed by atoms with E-state index in [0.717, 1.165) is 49.7 Å². The van der Waals surface area contributed by atoms with Gasteiger partial charge in [0.25, 0.3) is 0 Å². The molecule has 1 aliphatic heterocycles. The summed E-state index contributed by atoms with van der Waals surface area (Å²) >= 11 is 5.94. The van der Waals surface area contributed by atoms with Crippen LogP contribution in [-0.4, -0.2) is 66.9 Å². The molecule has 7 heteroatoms. The van der Waals surface area contributed by atoms with Gasteiger partial charge in [0, 0.05) is 55.2 Å². The number of nitrogens with one attached hydrogen (secondary N) is 1. The van der Waals surface area contributed by atoms with Crippen LogP contribution in [0.2, 0.25) is 5.02 Å². The average Bonchev–Trinajstić information content (AvgIpc) is 2.65. The molecular formula is C19H25ClN6. The van der Waals surface area contributed by atoms with Crippen LogP contribution < -0.4 is 11.1 Å². The molecule has 0 amide bonds. The summed E-state index contributed by atoms with van der Waals surface area (Å²) in [5, 5.41) is 4.03. The van der Waals surface area contributed by atoms with E-state index in [1.165, 1.54) is 0 Å². The van der Waals surface area contributed by atoms with Crippen molar-refractivity contribution >= 4 is 28.8 Å². The second-order valence-electron chi connectivity index (χ2n) is 6.47. The molecular weight excluding hydrogens is 348 g/mol. The van der Waals surface area contributed by atoms with Gasteiger partial charge in [-0.25, -0.2) is 0 Å². The van der Waals surface area contributed by atoms with E-state index in [1.807, 2.05) is 30.3 Å². The van der Waals surface area contributed by atoms with E-state index in [9.17, 15) is 0 Å². The number of amidine groups is 1. The number of nitrogens with two attached hydrogens (primary N) is 1. The molecule has 1 aromatic carbocycles. The normalized spacial score (nSPS) is 16.6. The van der Waals surface area contributed by atoms with Crippen molar-refractivity contribution in [2.45, 2.75) is 0 Å². The van der Waals surface area contributed by atoms with Crippen molar-refractivity contribution in [3.8, 4) is 0 Å². The molecule has 2 aromatic rings. The van der Waals surface area contributed by atoms with Crippen LogP contribution in [0, 0.1) is 0 Å². The Morgan fingerprint density at radius 3 is 2.65 bits per heavy atom. The molecule has 2 heterocycles. The Morgan fingerprint density at radius 1 is 1.19 bits per heavy atom. The van der Waals surface area contributed by atoms with Gasteiger partial charge in [-0.1, -0.05) is 11.6 Å². The topological polar surface area (TPSA) is 69.8 Å². The first-order valence-corrected chi connectivity index (χ1v) is 9.17. The summed E-state index contributed by atoms with van der Waals surface area (Å²) in [6.07, 6.45) is 3.48. The molecule has 1 fully saturated rings. The molecule has 26 heavy (non-hydrogen) atoms. The highest BCUT2D eigenvalue weighted by atomic mass is 35.5. The predicted octanol–water partition coefficient (Wildman–Crippen LogP) is 2.43. The van der Waals surface area contributed by atoms with Crippen molar-refractivity contribution in [3.63, 3.8) is 0 Å². The van der Waals surface area contributed by atoms with Crippen LogP contribution in [0.1, 0.15) is 5.56 Å². The number of piperazine rings is 1. The van der Waals surface area contributed by atoms with Gasteiger partial charge < -0.3 is 16.0 Å². The highest BCUT2D eigenvalue weighted by Gasteiger charge is 2.13. The van der Waals surface area contributed by atoms with Gasteiger partial charge >= 0.3 is 0 Å². The number of rotatable bonds is 6. The number of likely N-dealkylation sites (N-methyl/N-ethyl adjacent to an activating group) is 1. The molecule has 0 radical (unpaired) electrons. The van der Waals surface area contributed by atoms with Gasteiger partial charge in [0.2, 0.25) is 0 Å². The van der Waals surface area contributed by atoms with Gasteiger partial charge in [-0.3, -0.25) is 14.9 Å². The molecule has 1 aromatic heterocycles. The highest BCUT2D eigenvalue weighted by Crippen LogP contribution is 2.21. The van der Waals surface area contributed by atoms with E-state index >= 15 is 0 Å².